The average Bonchev–Trinajstić information content (AvgIpc) is 3.04. The predicted molar refractivity (Wildman–Crippen MR) is 87.5 cm³/mol. The number of carbonyl (C=O) groups excluding carboxylic acids is 1. The fraction of sp³-hybridized carbons (Fsp3) is 0.167. The largest absolute Gasteiger partial charge is 0.467 e. The summed E-state index contributed by atoms with van der Waals surface area (Å²) in [6, 6.07) is 17.9. The average molecular weight is 324 g/mol. The molecule has 6 heteroatoms. The second-order valence-electron chi connectivity index (χ2n) is 5.48. The van der Waals surface area contributed by atoms with Crippen LogP contribution in [-0.4, -0.2) is 18.0 Å². The standard InChI is InChI=1S/C18H16N2O4/c1-24-17(21)18(14-10-6-3-7-11-14)16(13-8-4-2-5-9-13)15(12-19-18)20(22)23/h2-12,16,19H,1H3/t16-,18-/m0/s1. The highest BCUT2D eigenvalue weighted by Gasteiger charge is 2.57. The first-order valence-electron chi connectivity index (χ1n) is 7.42. The lowest BCUT2D eigenvalue weighted by molar-refractivity contribution is -0.430. The Morgan fingerprint density at radius 3 is 2.25 bits per heavy atom. The van der Waals surface area contributed by atoms with Crippen molar-refractivity contribution in [1.82, 2.24) is 5.32 Å². The van der Waals surface area contributed by atoms with Crippen molar-refractivity contribution in [2.75, 3.05) is 7.11 Å². The van der Waals surface area contributed by atoms with Crippen LogP contribution in [0.4, 0.5) is 0 Å². The third kappa shape index (κ3) is 2.32. The molecule has 0 aromatic heterocycles. The van der Waals surface area contributed by atoms with Gasteiger partial charge in [-0.3, -0.25) is 10.1 Å². The van der Waals surface area contributed by atoms with Crippen LogP contribution in [0.1, 0.15) is 17.0 Å². The molecule has 6 nitrogen and oxygen atoms in total. The molecule has 1 aliphatic heterocycles. The van der Waals surface area contributed by atoms with E-state index in [1.165, 1.54) is 13.3 Å². The summed E-state index contributed by atoms with van der Waals surface area (Å²) in [7, 11) is 1.28. The van der Waals surface area contributed by atoms with E-state index in [1.54, 1.807) is 48.5 Å². The SMILES string of the molecule is COC(=O)[C@@]1(c2ccccc2)NC=C([N+](=O)[O-])[C@@H]1c1ccccc1. The molecule has 0 radical (unpaired) electrons. The fourth-order valence-electron chi connectivity index (χ4n) is 3.21. The summed E-state index contributed by atoms with van der Waals surface area (Å²) < 4.78 is 5.01. The van der Waals surface area contributed by atoms with Crippen molar-refractivity contribution in [3.8, 4) is 0 Å². The van der Waals surface area contributed by atoms with Crippen molar-refractivity contribution in [2.24, 2.45) is 0 Å². The van der Waals surface area contributed by atoms with Gasteiger partial charge in [0, 0.05) is 0 Å². The van der Waals surface area contributed by atoms with Gasteiger partial charge in [-0.05, 0) is 11.1 Å². The molecule has 0 fully saturated rings. The zero-order valence-electron chi connectivity index (χ0n) is 13.0. The lowest BCUT2D eigenvalue weighted by Gasteiger charge is -2.33. The number of benzene rings is 2. The molecular weight excluding hydrogens is 308 g/mol. The van der Waals surface area contributed by atoms with Gasteiger partial charge in [0.1, 0.15) is 5.92 Å². The van der Waals surface area contributed by atoms with E-state index in [9.17, 15) is 14.9 Å². The Balaban J connectivity index is 2.24. The van der Waals surface area contributed by atoms with E-state index in [1.807, 2.05) is 12.1 Å². The topological polar surface area (TPSA) is 81.5 Å². The van der Waals surface area contributed by atoms with Gasteiger partial charge >= 0.3 is 5.97 Å². The second kappa shape index (κ2) is 6.16. The highest BCUT2D eigenvalue weighted by atomic mass is 16.6. The molecular formula is C18H16N2O4. The number of nitrogens with zero attached hydrogens (tertiary/aromatic N) is 1. The minimum Gasteiger partial charge on any atom is -0.467 e. The van der Waals surface area contributed by atoms with E-state index in [2.05, 4.69) is 5.32 Å². The molecule has 0 spiro atoms. The van der Waals surface area contributed by atoms with E-state index in [0.717, 1.165) is 0 Å². The Bertz CT molecular complexity index is 789. The molecule has 0 saturated heterocycles. The van der Waals surface area contributed by atoms with Crippen molar-refractivity contribution < 1.29 is 14.5 Å². The molecule has 2 atom stereocenters. The van der Waals surface area contributed by atoms with E-state index in [-0.39, 0.29) is 5.70 Å². The van der Waals surface area contributed by atoms with Crippen LogP contribution in [-0.2, 0) is 15.1 Å². The highest BCUT2D eigenvalue weighted by Crippen LogP contribution is 2.46. The molecule has 1 N–H and O–H groups in total. The molecule has 0 bridgehead atoms. The summed E-state index contributed by atoms with van der Waals surface area (Å²) in [6.45, 7) is 0. The number of methoxy groups -OCH3 is 1. The maximum Gasteiger partial charge on any atom is 0.337 e. The molecule has 1 heterocycles. The molecule has 2 aromatic rings. The Morgan fingerprint density at radius 2 is 1.71 bits per heavy atom. The minimum absolute atomic E-state index is 0.0737. The maximum atomic E-state index is 12.7. The van der Waals surface area contributed by atoms with Gasteiger partial charge in [0.2, 0.25) is 0 Å². The van der Waals surface area contributed by atoms with Crippen LogP contribution >= 0.6 is 0 Å². The predicted octanol–water partition coefficient (Wildman–Crippen LogP) is 2.56. The van der Waals surface area contributed by atoms with Crippen molar-refractivity contribution >= 4 is 5.97 Å². The number of carbonyl (C=O) groups is 1. The van der Waals surface area contributed by atoms with E-state index in [0.29, 0.717) is 11.1 Å². The third-order valence-electron chi connectivity index (χ3n) is 4.26. The lowest BCUT2D eigenvalue weighted by atomic mass is 9.75. The van der Waals surface area contributed by atoms with Gasteiger partial charge in [0.25, 0.3) is 5.70 Å². The Kier molecular flexibility index (Phi) is 4.04. The van der Waals surface area contributed by atoms with Gasteiger partial charge < -0.3 is 10.1 Å². The van der Waals surface area contributed by atoms with Crippen LogP contribution in [0, 0.1) is 10.1 Å². The monoisotopic (exact) mass is 324 g/mol. The molecule has 0 amide bonds. The molecule has 1 aliphatic rings. The minimum atomic E-state index is -1.38. The summed E-state index contributed by atoms with van der Waals surface area (Å²) in [5, 5.41) is 14.5. The van der Waals surface area contributed by atoms with Gasteiger partial charge in [0.05, 0.1) is 18.2 Å². The van der Waals surface area contributed by atoms with Crippen LogP contribution in [0.2, 0.25) is 0 Å². The summed E-state index contributed by atoms with van der Waals surface area (Å²) >= 11 is 0. The highest BCUT2D eigenvalue weighted by molar-refractivity contribution is 5.86. The van der Waals surface area contributed by atoms with Crippen molar-refractivity contribution in [1.29, 1.82) is 0 Å². The second-order valence-corrected chi connectivity index (χ2v) is 5.48. The molecule has 122 valence electrons. The Morgan fingerprint density at radius 1 is 1.12 bits per heavy atom. The summed E-state index contributed by atoms with van der Waals surface area (Å²) in [5.41, 5.74) is -0.172. The van der Waals surface area contributed by atoms with Gasteiger partial charge in [-0.2, -0.15) is 0 Å². The van der Waals surface area contributed by atoms with E-state index >= 15 is 0 Å². The van der Waals surface area contributed by atoms with E-state index in [4.69, 9.17) is 4.74 Å². The number of nitro groups is 1. The van der Waals surface area contributed by atoms with Gasteiger partial charge in [-0.15, -0.1) is 0 Å². The molecule has 24 heavy (non-hydrogen) atoms. The number of esters is 1. The molecule has 0 aliphatic carbocycles. The number of ether oxygens (including phenoxy) is 1. The van der Waals surface area contributed by atoms with E-state index < -0.39 is 22.3 Å². The first-order valence-corrected chi connectivity index (χ1v) is 7.42. The smallest absolute Gasteiger partial charge is 0.337 e. The number of nitrogens with one attached hydrogen (secondary N) is 1. The number of rotatable bonds is 4. The summed E-state index contributed by atoms with van der Waals surface area (Å²) in [4.78, 5) is 23.8. The molecule has 0 saturated carbocycles. The first kappa shape index (κ1) is 15.7. The van der Waals surface area contributed by atoms with Crippen LogP contribution in [0.5, 0.6) is 0 Å². The molecule has 0 unspecified atom stereocenters. The summed E-state index contributed by atoms with van der Waals surface area (Å²) in [5.74, 6) is -1.38. The maximum absolute atomic E-state index is 12.7. The lowest BCUT2D eigenvalue weighted by Crippen LogP contribution is -2.49. The number of hydrogen-bond acceptors (Lipinski definition) is 5. The van der Waals surface area contributed by atoms with Gasteiger partial charge in [0.15, 0.2) is 5.54 Å². The molecule has 2 aromatic carbocycles. The van der Waals surface area contributed by atoms with Gasteiger partial charge in [-0.1, -0.05) is 60.7 Å². The quantitative estimate of drug-likeness (QED) is 0.531. The Hall–Kier alpha value is -3.15. The Labute approximate surface area is 138 Å². The third-order valence-corrected chi connectivity index (χ3v) is 4.26. The van der Waals surface area contributed by atoms with Crippen LogP contribution in [0.15, 0.2) is 72.6 Å². The van der Waals surface area contributed by atoms with Crippen molar-refractivity contribution in [3.05, 3.63) is 93.8 Å². The van der Waals surface area contributed by atoms with Crippen molar-refractivity contribution in [2.45, 2.75) is 11.5 Å². The zero-order valence-corrected chi connectivity index (χ0v) is 13.0. The fourth-order valence-corrected chi connectivity index (χ4v) is 3.21. The molecule has 3 rings (SSSR count). The number of hydrogen-bond donors (Lipinski definition) is 1. The van der Waals surface area contributed by atoms with Crippen LogP contribution < -0.4 is 5.32 Å². The van der Waals surface area contributed by atoms with Crippen LogP contribution in [0.25, 0.3) is 0 Å². The van der Waals surface area contributed by atoms with Crippen LogP contribution in [0.3, 0.4) is 0 Å². The van der Waals surface area contributed by atoms with Crippen molar-refractivity contribution in [3.63, 3.8) is 0 Å². The normalized spacial score (nSPS) is 22.4. The first-order chi connectivity index (χ1) is 11.6. The van der Waals surface area contributed by atoms with Gasteiger partial charge in [-0.25, -0.2) is 4.79 Å². The summed E-state index contributed by atoms with van der Waals surface area (Å²) in [6.07, 6.45) is 1.29. The zero-order chi connectivity index (χ0) is 17.2.